The van der Waals surface area contributed by atoms with E-state index in [1.807, 2.05) is 41.3 Å². The van der Waals surface area contributed by atoms with Gasteiger partial charge in [0.1, 0.15) is 11.5 Å². The van der Waals surface area contributed by atoms with Crippen molar-refractivity contribution < 1.29 is 14.0 Å². The van der Waals surface area contributed by atoms with Crippen LogP contribution in [0.2, 0.25) is 0 Å². The lowest BCUT2D eigenvalue weighted by molar-refractivity contribution is 0.0391. The van der Waals surface area contributed by atoms with Gasteiger partial charge in [-0.15, -0.1) is 0 Å². The first-order valence-electron chi connectivity index (χ1n) is 14.5. The molecule has 2 aliphatic rings. The Morgan fingerprint density at radius 3 is 2.21 bits per heavy atom. The van der Waals surface area contributed by atoms with Crippen molar-refractivity contribution in [2.75, 3.05) is 39.3 Å². The quantitative estimate of drug-likeness (QED) is 0.460. The van der Waals surface area contributed by atoms with E-state index in [9.17, 15) is 14.0 Å². The number of nitriles is 1. The average molecular weight is 569 g/mol. The number of nitrogens with one attached hydrogen (secondary N) is 1. The van der Waals surface area contributed by atoms with E-state index in [1.165, 1.54) is 23.9 Å². The number of likely N-dealkylation sites (tertiary alicyclic amines) is 1. The topological polar surface area (TPSA) is 92.6 Å². The first-order valence-corrected chi connectivity index (χ1v) is 14.5. The van der Waals surface area contributed by atoms with Gasteiger partial charge in [-0.05, 0) is 74.2 Å². The number of nitrogens with zero attached hydrogens (tertiary/aromatic N) is 5. The highest BCUT2D eigenvalue weighted by atomic mass is 19.1. The Kier molecular flexibility index (Phi) is 8.95. The average Bonchev–Trinajstić information content (AvgIpc) is 3.02. The second kappa shape index (κ2) is 12.8. The number of carbonyl (C=O) groups is 2. The molecule has 42 heavy (non-hydrogen) atoms. The number of amides is 2. The SMILES string of the molecule is CC(C)(c1ccc(F)cc1)N1CCN(C(=O)c2ccc(C(=O)NC3CCN(Cc4ccc(C#N)cc4)CC3)nc2)CC1. The van der Waals surface area contributed by atoms with Crippen LogP contribution in [0.3, 0.4) is 0 Å². The monoisotopic (exact) mass is 568 g/mol. The Labute approximate surface area is 246 Å². The molecule has 0 atom stereocenters. The molecule has 0 bridgehead atoms. The van der Waals surface area contributed by atoms with E-state index >= 15 is 0 Å². The lowest BCUT2D eigenvalue weighted by Gasteiger charge is -2.44. The Balaban J connectivity index is 1.08. The van der Waals surface area contributed by atoms with Gasteiger partial charge in [-0.25, -0.2) is 4.39 Å². The largest absolute Gasteiger partial charge is 0.348 e. The van der Waals surface area contributed by atoms with E-state index in [4.69, 9.17) is 5.26 Å². The van der Waals surface area contributed by atoms with E-state index in [2.05, 4.69) is 40.0 Å². The van der Waals surface area contributed by atoms with Crippen LogP contribution < -0.4 is 5.32 Å². The van der Waals surface area contributed by atoms with Crippen molar-refractivity contribution in [1.29, 1.82) is 5.26 Å². The maximum absolute atomic E-state index is 13.4. The van der Waals surface area contributed by atoms with Crippen molar-refractivity contribution in [2.24, 2.45) is 0 Å². The lowest BCUT2D eigenvalue weighted by atomic mass is 9.91. The highest BCUT2D eigenvalue weighted by Crippen LogP contribution is 2.29. The highest BCUT2D eigenvalue weighted by molar-refractivity contribution is 5.96. The molecule has 2 saturated heterocycles. The molecule has 0 radical (unpaired) electrons. The fourth-order valence-electron chi connectivity index (χ4n) is 5.78. The first kappa shape index (κ1) is 29.4. The molecule has 3 aromatic rings. The van der Waals surface area contributed by atoms with E-state index in [0.717, 1.165) is 38.0 Å². The molecule has 2 amide bonds. The van der Waals surface area contributed by atoms with Gasteiger partial charge >= 0.3 is 0 Å². The number of piperazine rings is 1. The molecule has 3 heterocycles. The molecule has 0 aliphatic carbocycles. The minimum Gasteiger partial charge on any atom is -0.348 e. The summed E-state index contributed by atoms with van der Waals surface area (Å²) in [4.78, 5) is 36.8. The summed E-state index contributed by atoms with van der Waals surface area (Å²) in [5, 5.41) is 12.1. The van der Waals surface area contributed by atoms with Crippen molar-refractivity contribution in [1.82, 2.24) is 25.0 Å². The van der Waals surface area contributed by atoms with Crippen LogP contribution in [-0.2, 0) is 12.1 Å². The molecule has 1 aromatic heterocycles. The summed E-state index contributed by atoms with van der Waals surface area (Å²) in [5.74, 6) is -0.570. The van der Waals surface area contributed by atoms with Gasteiger partial charge in [0.15, 0.2) is 0 Å². The summed E-state index contributed by atoms with van der Waals surface area (Å²) >= 11 is 0. The molecule has 0 unspecified atom stereocenters. The zero-order chi connectivity index (χ0) is 29.7. The summed E-state index contributed by atoms with van der Waals surface area (Å²) in [7, 11) is 0. The van der Waals surface area contributed by atoms with Crippen LogP contribution in [0.1, 0.15) is 64.2 Å². The summed E-state index contributed by atoms with van der Waals surface area (Å²) in [6.45, 7) is 9.38. The number of halogens is 1. The zero-order valence-electron chi connectivity index (χ0n) is 24.2. The molecular weight excluding hydrogens is 531 g/mol. The summed E-state index contributed by atoms with van der Waals surface area (Å²) in [6.07, 6.45) is 3.19. The molecule has 2 fully saturated rings. The number of piperidine rings is 1. The van der Waals surface area contributed by atoms with Crippen LogP contribution >= 0.6 is 0 Å². The molecule has 1 N–H and O–H groups in total. The van der Waals surface area contributed by atoms with Crippen LogP contribution in [0.25, 0.3) is 0 Å². The van der Waals surface area contributed by atoms with E-state index in [-0.39, 0.29) is 29.2 Å². The molecular formula is C33H37FN6O2. The van der Waals surface area contributed by atoms with Crippen molar-refractivity contribution in [3.63, 3.8) is 0 Å². The summed E-state index contributed by atoms with van der Waals surface area (Å²) in [5.41, 5.74) is 3.36. The lowest BCUT2D eigenvalue weighted by Crippen LogP contribution is -2.54. The zero-order valence-corrected chi connectivity index (χ0v) is 24.2. The molecule has 0 spiro atoms. The third-order valence-electron chi connectivity index (χ3n) is 8.56. The van der Waals surface area contributed by atoms with Crippen LogP contribution in [0.4, 0.5) is 4.39 Å². The maximum Gasteiger partial charge on any atom is 0.270 e. The van der Waals surface area contributed by atoms with Crippen LogP contribution in [-0.4, -0.2) is 76.8 Å². The number of benzene rings is 2. The normalized spacial score (nSPS) is 17.0. The third kappa shape index (κ3) is 6.84. The number of pyridine rings is 1. The predicted molar refractivity (Wildman–Crippen MR) is 158 cm³/mol. The highest BCUT2D eigenvalue weighted by Gasteiger charge is 2.33. The third-order valence-corrected chi connectivity index (χ3v) is 8.56. The number of hydrogen-bond acceptors (Lipinski definition) is 6. The van der Waals surface area contributed by atoms with Crippen molar-refractivity contribution in [2.45, 2.75) is 44.8 Å². The molecule has 9 heteroatoms. The Hall–Kier alpha value is -4.13. The minimum absolute atomic E-state index is 0.0771. The standard InChI is InChI=1S/C33H37FN6O2/c1-33(2,27-8-10-28(34)11-9-27)40-19-17-39(18-20-40)32(42)26-7-12-30(36-22-26)31(41)37-29-13-15-38(16-14-29)23-25-5-3-24(21-35)4-6-25/h3-12,22,29H,13-20,23H2,1-2H3,(H,37,41). The number of carbonyl (C=O) groups excluding carboxylic acids is 2. The fourth-order valence-corrected chi connectivity index (χ4v) is 5.78. The van der Waals surface area contributed by atoms with Crippen LogP contribution in [0.5, 0.6) is 0 Å². The van der Waals surface area contributed by atoms with E-state index in [1.54, 1.807) is 12.1 Å². The smallest absolute Gasteiger partial charge is 0.270 e. The number of rotatable bonds is 7. The minimum atomic E-state index is -0.277. The van der Waals surface area contributed by atoms with E-state index < -0.39 is 0 Å². The molecule has 8 nitrogen and oxygen atoms in total. The van der Waals surface area contributed by atoms with Gasteiger partial charge in [0.25, 0.3) is 11.8 Å². The number of hydrogen-bond donors (Lipinski definition) is 1. The van der Waals surface area contributed by atoms with Crippen molar-refractivity contribution >= 4 is 11.8 Å². The van der Waals surface area contributed by atoms with Crippen LogP contribution in [0.15, 0.2) is 66.9 Å². The van der Waals surface area contributed by atoms with Gasteiger partial charge in [0.05, 0.1) is 17.2 Å². The number of aromatic nitrogens is 1. The summed E-state index contributed by atoms with van der Waals surface area (Å²) < 4.78 is 13.4. The predicted octanol–water partition coefficient (Wildman–Crippen LogP) is 4.18. The van der Waals surface area contributed by atoms with Gasteiger partial charge < -0.3 is 10.2 Å². The van der Waals surface area contributed by atoms with Gasteiger partial charge in [-0.3, -0.25) is 24.4 Å². The summed E-state index contributed by atoms with van der Waals surface area (Å²) in [6, 6.07) is 19.8. The molecule has 2 aromatic carbocycles. The first-order chi connectivity index (χ1) is 20.2. The van der Waals surface area contributed by atoms with Gasteiger partial charge in [-0.1, -0.05) is 24.3 Å². The van der Waals surface area contributed by atoms with Crippen molar-refractivity contribution in [3.05, 3.63) is 101 Å². The molecule has 2 aliphatic heterocycles. The second-order valence-corrected chi connectivity index (χ2v) is 11.6. The van der Waals surface area contributed by atoms with Gasteiger partial charge in [-0.2, -0.15) is 5.26 Å². The van der Waals surface area contributed by atoms with Gasteiger partial charge in [0, 0.05) is 63.6 Å². The molecule has 218 valence electrons. The Morgan fingerprint density at radius 1 is 0.952 bits per heavy atom. The Bertz CT molecular complexity index is 1420. The second-order valence-electron chi connectivity index (χ2n) is 11.6. The fraction of sp³-hybridized carbons (Fsp3) is 0.394. The molecule has 0 saturated carbocycles. The molecule has 5 rings (SSSR count). The van der Waals surface area contributed by atoms with E-state index in [0.29, 0.717) is 43.0 Å². The van der Waals surface area contributed by atoms with Crippen LogP contribution in [0, 0.1) is 17.1 Å². The maximum atomic E-state index is 13.4. The Morgan fingerprint density at radius 2 is 1.62 bits per heavy atom. The van der Waals surface area contributed by atoms with Gasteiger partial charge in [0.2, 0.25) is 0 Å². The van der Waals surface area contributed by atoms with Crippen molar-refractivity contribution in [3.8, 4) is 6.07 Å².